The number of benzene rings is 1. The third kappa shape index (κ3) is 2.06. The Bertz CT molecular complexity index is 713. The smallest absolute Gasteiger partial charge is 0.339 e. The van der Waals surface area contributed by atoms with Crippen LogP contribution in [0.3, 0.4) is 0 Å². The third-order valence-electron chi connectivity index (χ3n) is 2.81. The number of hydrogen-bond donors (Lipinski definition) is 1. The first-order valence-corrected chi connectivity index (χ1v) is 5.45. The van der Waals surface area contributed by atoms with Crippen LogP contribution >= 0.6 is 0 Å². The second-order valence-corrected chi connectivity index (χ2v) is 4.04. The van der Waals surface area contributed by atoms with Gasteiger partial charge in [-0.15, -0.1) is 0 Å². The van der Waals surface area contributed by atoms with Crippen molar-refractivity contribution in [1.82, 2.24) is 9.78 Å². The zero-order valence-electron chi connectivity index (χ0n) is 10.3. The van der Waals surface area contributed by atoms with E-state index in [2.05, 4.69) is 5.10 Å². The summed E-state index contributed by atoms with van der Waals surface area (Å²) >= 11 is 0. The fourth-order valence-corrected chi connectivity index (χ4v) is 1.97. The maximum Gasteiger partial charge on any atom is 0.339 e. The number of carbonyl (C=O) groups is 1. The quantitative estimate of drug-likeness (QED) is 0.896. The Balaban J connectivity index is 2.71. The number of nitriles is 1. The van der Waals surface area contributed by atoms with Crippen LogP contribution in [0.15, 0.2) is 18.2 Å². The van der Waals surface area contributed by atoms with Gasteiger partial charge in [-0.3, -0.25) is 0 Å². The summed E-state index contributed by atoms with van der Waals surface area (Å²) in [6, 6.07) is 5.56. The molecule has 0 spiro atoms. The van der Waals surface area contributed by atoms with Gasteiger partial charge in [0.1, 0.15) is 17.4 Å². The molecule has 0 aliphatic heterocycles. The van der Waals surface area contributed by atoms with E-state index in [0.29, 0.717) is 17.1 Å². The van der Waals surface area contributed by atoms with Crippen molar-refractivity contribution in [2.24, 2.45) is 0 Å². The number of nitrogens with zero attached hydrogens (tertiary/aromatic N) is 3. The van der Waals surface area contributed by atoms with Gasteiger partial charge in [0.25, 0.3) is 0 Å². The Kier molecular flexibility index (Phi) is 3.05. The second-order valence-electron chi connectivity index (χ2n) is 4.04. The molecule has 2 aromatic rings. The number of aryl methyl sites for hydroxylation is 1. The van der Waals surface area contributed by atoms with E-state index in [1.165, 1.54) is 16.8 Å². The highest BCUT2D eigenvalue weighted by Crippen LogP contribution is 2.21. The van der Waals surface area contributed by atoms with E-state index in [4.69, 9.17) is 10.4 Å². The zero-order valence-corrected chi connectivity index (χ0v) is 10.3. The Labute approximate surface area is 108 Å². The van der Waals surface area contributed by atoms with Crippen LogP contribution in [0.1, 0.15) is 27.3 Å². The van der Waals surface area contributed by atoms with Crippen molar-refractivity contribution >= 4 is 5.97 Å². The lowest BCUT2D eigenvalue weighted by molar-refractivity contribution is 0.0695. The second kappa shape index (κ2) is 4.53. The van der Waals surface area contributed by atoms with Crippen LogP contribution in [0.4, 0.5) is 4.39 Å². The van der Waals surface area contributed by atoms with Gasteiger partial charge in [0.2, 0.25) is 0 Å². The molecule has 0 saturated carbocycles. The van der Waals surface area contributed by atoms with Crippen LogP contribution < -0.4 is 0 Å². The molecule has 0 amide bonds. The highest BCUT2D eigenvalue weighted by molar-refractivity contribution is 5.90. The van der Waals surface area contributed by atoms with Crippen molar-refractivity contribution < 1.29 is 14.3 Å². The molecule has 1 heterocycles. The number of carboxylic acid groups (broad SMARTS) is 1. The van der Waals surface area contributed by atoms with E-state index in [0.717, 1.165) is 6.07 Å². The Morgan fingerprint density at radius 1 is 1.47 bits per heavy atom. The predicted molar refractivity (Wildman–Crippen MR) is 64.7 cm³/mol. The van der Waals surface area contributed by atoms with E-state index in [9.17, 15) is 9.18 Å². The summed E-state index contributed by atoms with van der Waals surface area (Å²) in [4.78, 5) is 11.1. The maximum atomic E-state index is 13.1. The van der Waals surface area contributed by atoms with E-state index in [1.807, 2.05) is 6.07 Å². The summed E-state index contributed by atoms with van der Waals surface area (Å²) in [5.41, 5.74) is 1.29. The van der Waals surface area contributed by atoms with Gasteiger partial charge in [-0.25, -0.2) is 13.9 Å². The van der Waals surface area contributed by atoms with Gasteiger partial charge in [-0.2, -0.15) is 10.4 Å². The number of hydrogen-bond acceptors (Lipinski definition) is 3. The van der Waals surface area contributed by atoms with Gasteiger partial charge in [0.15, 0.2) is 0 Å². The summed E-state index contributed by atoms with van der Waals surface area (Å²) in [5.74, 6) is -1.61. The molecular formula is C13H10FN3O2. The highest BCUT2D eigenvalue weighted by atomic mass is 19.1. The third-order valence-corrected chi connectivity index (χ3v) is 2.81. The molecule has 6 heteroatoms. The van der Waals surface area contributed by atoms with E-state index >= 15 is 0 Å². The Hall–Kier alpha value is -2.68. The molecule has 0 aliphatic rings. The van der Waals surface area contributed by atoms with Gasteiger partial charge < -0.3 is 5.11 Å². The van der Waals surface area contributed by atoms with Gasteiger partial charge in [0.05, 0.1) is 22.6 Å². The molecule has 1 aromatic heterocycles. The fraction of sp³-hybridized carbons (Fsp3) is 0.154. The van der Waals surface area contributed by atoms with Gasteiger partial charge in [-0.1, -0.05) is 0 Å². The van der Waals surface area contributed by atoms with E-state index in [-0.39, 0.29) is 11.1 Å². The lowest BCUT2D eigenvalue weighted by Crippen LogP contribution is -2.04. The molecule has 0 bridgehead atoms. The van der Waals surface area contributed by atoms with Crippen molar-refractivity contribution in [1.29, 1.82) is 5.26 Å². The molecular weight excluding hydrogens is 249 g/mol. The monoisotopic (exact) mass is 259 g/mol. The molecule has 0 atom stereocenters. The summed E-state index contributed by atoms with van der Waals surface area (Å²) < 4.78 is 14.4. The van der Waals surface area contributed by atoms with Crippen LogP contribution in [-0.2, 0) is 0 Å². The summed E-state index contributed by atoms with van der Waals surface area (Å²) in [7, 11) is 0. The van der Waals surface area contributed by atoms with Crippen LogP contribution in [0, 0.1) is 31.0 Å². The van der Waals surface area contributed by atoms with Crippen LogP contribution in [0.25, 0.3) is 5.69 Å². The number of aromatic carboxylic acids is 1. The van der Waals surface area contributed by atoms with E-state index < -0.39 is 11.8 Å². The average molecular weight is 259 g/mol. The number of halogens is 1. The molecule has 0 fully saturated rings. The lowest BCUT2D eigenvalue weighted by Gasteiger charge is -2.06. The molecule has 96 valence electrons. The van der Waals surface area contributed by atoms with Crippen molar-refractivity contribution in [2.75, 3.05) is 0 Å². The Morgan fingerprint density at radius 2 is 2.16 bits per heavy atom. The topological polar surface area (TPSA) is 78.9 Å². The van der Waals surface area contributed by atoms with E-state index in [1.54, 1.807) is 13.8 Å². The van der Waals surface area contributed by atoms with Crippen LogP contribution in [0.2, 0.25) is 0 Å². The molecule has 1 N–H and O–H groups in total. The minimum atomic E-state index is -1.08. The largest absolute Gasteiger partial charge is 0.478 e. The lowest BCUT2D eigenvalue weighted by atomic mass is 10.1. The normalized spacial score (nSPS) is 10.2. The van der Waals surface area contributed by atoms with Gasteiger partial charge in [0, 0.05) is 0 Å². The summed E-state index contributed by atoms with van der Waals surface area (Å²) in [5, 5.41) is 22.2. The molecule has 2 rings (SSSR count). The minimum absolute atomic E-state index is 0.0909. The molecule has 1 aromatic carbocycles. The average Bonchev–Trinajstić information content (AvgIpc) is 2.64. The van der Waals surface area contributed by atoms with Crippen molar-refractivity contribution in [2.45, 2.75) is 13.8 Å². The predicted octanol–water partition coefficient (Wildman–Crippen LogP) is 2.20. The van der Waals surface area contributed by atoms with Crippen molar-refractivity contribution in [3.8, 4) is 11.8 Å². The number of aromatic nitrogens is 2. The SMILES string of the molecule is Cc1nn(-c2ccc(F)cc2C#N)c(C)c1C(=O)O. The number of rotatable bonds is 2. The Morgan fingerprint density at radius 3 is 2.68 bits per heavy atom. The first-order valence-electron chi connectivity index (χ1n) is 5.45. The van der Waals surface area contributed by atoms with Crippen LogP contribution in [0.5, 0.6) is 0 Å². The zero-order chi connectivity index (χ0) is 14.2. The molecule has 0 radical (unpaired) electrons. The van der Waals surface area contributed by atoms with Crippen molar-refractivity contribution in [3.63, 3.8) is 0 Å². The molecule has 19 heavy (non-hydrogen) atoms. The maximum absolute atomic E-state index is 13.1. The number of carboxylic acids is 1. The highest BCUT2D eigenvalue weighted by Gasteiger charge is 2.20. The minimum Gasteiger partial charge on any atom is -0.478 e. The standard InChI is InChI=1S/C13H10FN3O2/c1-7-12(13(18)19)8(2)17(16-7)11-4-3-10(14)5-9(11)6-15/h3-5H,1-2H3,(H,18,19). The molecule has 0 saturated heterocycles. The van der Waals surface area contributed by atoms with Gasteiger partial charge >= 0.3 is 5.97 Å². The summed E-state index contributed by atoms with van der Waals surface area (Å²) in [6.45, 7) is 3.16. The molecule has 0 unspecified atom stereocenters. The molecule has 5 nitrogen and oxygen atoms in total. The van der Waals surface area contributed by atoms with Gasteiger partial charge in [-0.05, 0) is 32.0 Å². The summed E-state index contributed by atoms with van der Waals surface area (Å²) in [6.07, 6.45) is 0. The van der Waals surface area contributed by atoms with Crippen LogP contribution in [-0.4, -0.2) is 20.9 Å². The van der Waals surface area contributed by atoms with Crippen molar-refractivity contribution in [3.05, 3.63) is 46.5 Å². The first-order chi connectivity index (χ1) is 8.95. The first kappa shape index (κ1) is 12.8. The molecule has 0 aliphatic carbocycles. The fourth-order valence-electron chi connectivity index (χ4n) is 1.97.